The van der Waals surface area contributed by atoms with Crippen molar-refractivity contribution in [3.8, 4) is 0 Å². The first-order chi connectivity index (χ1) is 7.34. The van der Waals surface area contributed by atoms with Crippen LogP contribution in [0.1, 0.15) is 6.42 Å². The Morgan fingerprint density at radius 2 is 2.40 bits per heavy atom. The van der Waals surface area contributed by atoms with Crippen molar-refractivity contribution >= 4 is 16.8 Å². The van der Waals surface area contributed by atoms with E-state index in [0.29, 0.717) is 11.8 Å². The van der Waals surface area contributed by atoms with E-state index < -0.39 is 0 Å². The lowest BCUT2D eigenvalue weighted by atomic mass is 10.2. The van der Waals surface area contributed by atoms with Crippen molar-refractivity contribution in [2.75, 3.05) is 18.0 Å². The first kappa shape index (κ1) is 8.73. The normalized spacial score (nSPS) is 21.4. The fourth-order valence-corrected chi connectivity index (χ4v) is 2.14. The summed E-state index contributed by atoms with van der Waals surface area (Å²) < 4.78 is 5.28. The minimum absolute atomic E-state index is 0.292. The molecule has 0 bridgehead atoms. The SMILES string of the molecule is NC1CCN(c2ccnc3occc23)C1. The number of hydrogen-bond acceptors (Lipinski definition) is 4. The maximum absolute atomic E-state index is 5.90. The molecule has 1 saturated heterocycles. The summed E-state index contributed by atoms with van der Waals surface area (Å²) in [7, 11) is 0. The second-order valence-electron chi connectivity index (χ2n) is 3.96. The molecule has 0 saturated carbocycles. The fraction of sp³-hybridized carbons (Fsp3) is 0.364. The van der Waals surface area contributed by atoms with Crippen LogP contribution in [0.15, 0.2) is 29.0 Å². The molecular formula is C11H13N3O. The van der Waals surface area contributed by atoms with Crippen molar-refractivity contribution in [2.45, 2.75) is 12.5 Å². The Balaban J connectivity index is 2.06. The lowest BCUT2D eigenvalue weighted by molar-refractivity contribution is 0.603. The molecule has 4 nitrogen and oxygen atoms in total. The molecule has 4 heteroatoms. The molecule has 1 aliphatic rings. The first-order valence-electron chi connectivity index (χ1n) is 5.17. The van der Waals surface area contributed by atoms with Crippen molar-refractivity contribution in [1.82, 2.24) is 4.98 Å². The summed E-state index contributed by atoms with van der Waals surface area (Å²) >= 11 is 0. The quantitative estimate of drug-likeness (QED) is 0.760. The van der Waals surface area contributed by atoms with Crippen molar-refractivity contribution in [1.29, 1.82) is 0 Å². The first-order valence-corrected chi connectivity index (χ1v) is 5.17. The Kier molecular flexibility index (Phi) is 1.89. The van der Waals surface area contributed by atoms with Gasteiger partial charge in [0.1, 0.15) is 0 Å². The highest BCUT2D eigenvalue weighted by Gasteiger charge is 2.21. The maximum Gasteiger partial charge on any atom is 0.227 e. The van der Waals surface area contributed by atoms with Crippen LogP contribution >= 0.6 is 0 Å². The van der Waals surface area contributed by atoms with Crippen LogP contribution in [0.5, 0.6) is 0 Å². The van der Waals surface area contributed by atoms with Crippen LogP contribution in [-0.2, 0) is 0 Å². The minimum atomic E-state index is 0.292. The fourth-order valence-electron chi connectivity index (χ4n) is 2.14. The number of aromatic nitrogens is 1. The van der Waals surface area contributed by atoms with Crippen molar-refractivity contribution in [3.05, 3.63) is 24.6 Å². The van der Waals surface area contributed by atoms with Crippen molar-refractivity contribution in [2.24, 2.45) is 5.73 Å². The second kappa shape index (κ2) is 3.24. The van der Waals surface area contributed by atoms with E-state index in [0.717, 1.165) is 24.9 Å². The van der Waals surface area contributed by atoms with Gasteiger partial charge in [-0.3, -0.25) is 0 Å². The summed E-state index contributed by atoms with van der Waals surface area (Å²) in [6.45, 7) is 1.94. The Labute approximate surface area is 87.7 Å². The van der Waals surface area contributed by atoms with E-state index in [9.17, 15) is 0 Å². The zero-order chi connectivity index (χ0) is 10.3. The molecule has 0 aliphatic carbocycles. The maximum atomic E-state index is 5.90. The number of nitrogens with zero attached hydrogens (tertiary/aromatic N) is 2. The smallest absolute Gasteiger partial charge is 0.227 e. The highest BCUT2D eigenvalue weighted by atomic mass is 16.3. The second-order valence-corrected chi connectivity index (χ2v) is 3.96. The Hall–Kier alpha value is -1.55. The van der Waals surface area contributed by atoms with Gasteiger partial charge in [-0.05, 0) is 18.6 Å². The predicted molar refractivity (Wildman–Crippen MR) is 58.8 cm³/mol. The third-order valence-corrected chi connectivity index (χ3v) is 2.91. The lowest BCUT2D eigenvalue weighted by Gasteiger charge is -2.18. The van der Waals surface area contributed by atoms with Crippen LogP contribution in [-0.4, -0.2) is 24.1 Å². The number of anilines is 1. The standard InChI is InChI=1S/C11H13N3O/c12-8-2-5-14(7-8)10-1-4-13-11-9(10)3-6-15-11/h1,3-4,6,8H,2,5,7,12H2. The number of rotatable bonds is 1. The van der Waals surface area contributed by atoms with E-state index in [2.05, 4.69) is 9.88 Å². The van der Waals surface area contributed by atoms with Crippen molar-refractivity contribution in [3.63, 3.8) is 0 Å². The summed E-state index contributed by atoms with van der Waals surface area (Å²) in [5.74, 6) is 0. The third kappa shape index (κ3) is 1.37. The average molecular weight is 203 g/mol. The molecular weight excluding hydrogens is 190 g/mol. The molecule has 1 fully saturated rings. The van der Waals surface area contributed by atoms with E-state index in [-0.39, 0.29) is 0 Å². The van der Waals surface area contributed by atoms with Crippen LogP contribution in [0.25, 0.3) is 11.1 Å². The molecule has 1 atom stereocenters. The highest BCUT2D eigenvalue weighted by molar-refractivity contribution is 5.88. The molecule has 78 valence electrons. The Morgan fingerprint density at radius 1 is 1.47 bits per heavy atom. The monoisotopic (exact) mass is 203 g/mol. The Morgan fingerprint density at radius 3 is 3.20 bits per heavy atom. The van der Waals surface area contributed by atoms with Gasteiger partial charge in [0.25, 0.3) is 0 Å². The molecule has 0 amide bonds. The van der Waals surface area contributed by atoms with E-state index in [4.69, 9.17) is 10.2 Å². The van der Waals surface area contributed by atoms with Gasteiger partial charge in [0.05, 0.1) is 17.3 Å². The van der Waals surface area contributed by atoms with Gasteiger partial charge in [-0.2, -0.15) is 0 Å². The van der Waals surface area contributed by atoms with Crippen LogP contribution in [0.4, 0.5) is 5.69 Å². The van der Waals surface area contributed by atoms with Gasteiger partial charge in [-0.25, -0.2) is 4.98 Å². The summed E-state index contributed by atoms with van der Waals surface area (Å²) in [4.78, 5) is 6.46. The van der Waals surface area contributed by atoms with E-state index >= 15 is 0 Å². The number of fused-ring (bicyclic) bond motifs is 1. The van der Waals surface area contributed by atoms with Gasteiger partial charge >= 0.3 is 0 Å². The van der Waals surface area contributed by atoms with E-state index in [1.54, 1.807) is 12.5 Å². The van der Waals surface area contributed by atoms with Crippen LogP contribution in [0.2, 0.25) is 0 Å². The number of pyridine rings is 1. The van der Waals surface area contributed by atoms with E-state index in [1.165, 1.54) is 5.69 Å². The van der Waals surface area contributed by atoms with Gasteiger partial charge in [0.2, 0.25) is 5.71 Å². The molecule has 2 aromatic rings. The summed E-state index contributed by atoms with van der Waals surface area (Å²) in [5.41, 5.74) is 7.79. The minimum Gasteiger partial charge on any atom is -0.446 e. The van der Waals surface area contributed by atoms with Gasteiger partial charge in [-0.15, -0.1) is 0 Å². The molecule has 0 spiro atoms. The highest BCUT2D eigenvalue weighted by Crippen LogP contribution is 2.28. The lowest BCUT2D eigenvalue weighted by Crippen LogP contribution is -2.26. The zero-order valence-corrected chi connectivity index (χ0v) is 8.39. The molecule has 2 N–H and O–H groups in total. The summed E-state index contributed by atoms with van der Waals surface area (Å²) in [5, 5.41) is 1.08. The largest absolute Gasteiger partial charge is 0.446 e. The van der Waals surface area contributed by atoms with Gasteiger partial charge in [0, 0.05) is 25.3 Å². The molecule has 3 rings (SSSR count). The molecule has 0 aromatic carbocycles. The third-order valence-electron chi connectivity index (χ3n) is 2.91. The molecule has 2 aromatic heterocycles. The summed E-state index contributed by atoms with van der Waals surface area (Å²) in [6, 6.07) is 4.28. The Bertz CT molecular complexity index is 479. The van der Waals surface area contributed by atoms with Crippen LogP contribution in [0.3, 0.4) is 0 Å². The van der Waals surface area contributed by atoms with Crippen LogP contribution in [0, 0.1) is 0 Å². The summed E-state index contributed by atoms with van der Waals surface area (Å²) in [6.07, 6.45) is 4.52. The topological polar surface area (TPSA) is 55.3 Å². The molecule has 1 aliphatic heterocycles. The molecule has 3 heterocycles. The van der Waals surface area contributed by atoms with Crippen molar-refractivity contribution < 1.29 is 4.42 Å². The van der Waals surface area contributed by atoms with E-state index in [1.807, 2.05) is 12.1 Å². The van der Waals surface area contributed by atoms with Gasteiger partial charge in [0.15, 0.2) is 0 Å². The zero-order valence-electron chi connectivity index (χ0n) is 8.39. The predicted octanol–water partition coefficient (Wildman–Crippen LogP) is 1.37. The number of furan rings is 1. The molecule has 0 radical (unpaired) electrons. The average Bonchev–Trinajstić information content (AvgIpc) is 2.84. The van der Waals surface area contributed by atoms with Gasteiger partial charge < -0.3 is 15.1 Å². The molecule has 15 heavy (non-hydrogen) atoms. The number of hydrogen-bond donors (Lipinski definition) is 1. The number of nitrogens with two attached hydrogens (primary N) is 1. The van der Waals surface area contributed by atoms with Gasteiger partial charge in [-0.1, -0.05) is 0 Å². The molecule has 1 unspecified atom stereocenters. The van der Waals surface area contributed by atoms with Crippen LogP contribution < -0.4 is 10.6 Å².